The van der Waals surface area contributed by atoms with Crippen molar-refractivity contribution in [3.8, 4) is 0 Å². The van der Waals surface area contributed by atoms with E-state index in [9.17, 15) is 0 Å². The highest BCUT2D eigenvalue weighted by Gasteiger charge is 2.31. The summed E-state index contributed by atoms with van der Waals surface area (Å²) >= 11 is 0. The Morgan fingerprint density at radius 2 is 2.10 bits per heavy atom. The van der Waals surface area contributed by atoms with Crippen LogP contribution in [0.3, 0.4) is 0 Å². The van der Waals surface area contributed by atoms with Gasteiger partial charge in [-0.3, -0.25) is 0 Å². The zero-order valence-electron chi connectivity index (χ0n) is 13.2. The molecular weight excluding hydrogens is 262 g/mol. The van der Waals surface area contributed by atoms with Crippen molar-refractivity contribution >= 4 is 11.0 Å². The molecule has 3 unspecified atom stereocenters. The number of nitrogens with zero attached hydrogens (tertiary/aromatic N) is 3. The Morgan fingerprint density at radius 3 is 2.90 bits per heavy atom. The number of hydrogen-bond acceptors (Lipinski definition) is 3. The summed E-state index contributed by atoms with van der Waals surface area (Å²) in [6, 6.07) is 8.03. The molecule has 1 aliphatic carbocycles. The van der Waals surface area contributed by atoms with Crippen LogP contribution < -0.4 is 0 Å². The number of para-hydroxylation sites is 1. The molecule has 1 aromatic carbocycles. The average molecular weight is 287 g/mol. The van der Waals surface area contributed by atoms with Gasteiger partial charge in [-0.1, -0.05) is 44.5 Å². The molecule has 0 saturated heterocycles. The van der Waals surface area contributed by atoms with Gasteiger partial charge in [0.2, 0.25) is 0 Å². The summed E-state index contributed by atoms with van der Waals surface area (Å²) in [5.74, 6) is 2.10. The van der Waals surface area contributed by atoms with Crippen molar-refractivity contribution in [1.29, 1.82) is 0 Å². The minimum absolute atomic E-state index is 0.344. The van der Waals surface area contributed by atoms with Gasteiger partial charge in [-0.25, -0.2) is 4.68 Å². The molecule has 4 nitrogen and oxygen atoms in total. The van der Waals surface area contributed by atoms with E-state index in [1.165, 1.54) is 12.8 Å². The van der Waals surface area contributed by atoms with Crippen LogP contribution in [0.1, 0.15) is 40.0 Å². The van der Waals surface area contributed by atoms with Crippen LogP contribution in [-0.2, 0) is 11.5 Å². The first-order valence-corrected chi connectivity index (χ1v) is 8.05. The van der Waals surface area contributed by atoms with Crippen LogP contribution in [0.5, 0.6) is 0 Å². The molecule has 1 heterocycles. The topological polar surface area (TPSA) is 39.9 Å². The van der Waals surface area contributed by atoms with Crippen molar-refractivity contribution in [3.63, 3.8) is 0 Å². The molecule has 0 amide bonds. The monoisotopic (exact) mass is 287 g/mol. The largest absolute Gasteiger partial charge is 0.356 e. The summed E-state index contributed by atoms with van der Waals surface area (Å²) in [6.45, 7) is 7.45. The zero-order chi connectivity index (χ0) is 14.8. The van der Waals surface area contributed by atoms with Crippen LogP contribution in [0.15, 0.2) is 24.3 Å². The van der Waals surface area contributed by atoms with E-state index in [1.54, 1.807) is 0 Å². The van der Waals surface area contributed by atoms with Gasteiger partial charge < -0.3 is 4.74 Å². The predicted octanol–water partition coefficient (Wildman–Crippen LogP) is 3.87. The molecule has 2 aromatic rings. The van der Waals surface area contributed by atoms with Gasteiger partial charge in [-0.2, -0.15) is 0 Å². The fourth-order valence-corrected chi connectivity index (χ4v) is 3.49. The van der Waals surface area contributed by atoms with E-state index >= 15 is 0 Å². The first-order valence-electron chi connectivity index (χ1n) is 8.05. The first kappa shape index (κ1) is 14.5. The molecule has 0 radical (unpaired) electrons. The fourth-order valence-electron chi connectivity index (χ4n) is 3.49. The molecule has 4 heteroatoms. The number of hydrogen-bond donors (Lipinski definition) is 0. The summed E-state index contributed by atoms with van der Waals surface area (Å²) in [7, 11) is 0. The maximum absolute atomic E-state index is 6.24. The van der Waals surface area contributed by atoms with Crippen LogP contribution >= 0.6 is 0 Å². The van der Waals surface area contributed by atoms with E-state index in [0.717, 1.165) is 23.4 Å². The van der Waals surface area contributed by atoms with Gasteiger partial charge in [0, 0.05) is 0 Å². The lowest BCUT2D eigenvalue weighted by atomic mass is 9.75. The molecular formula is C17H25N3O. The van der Waals surface area contributed by atoms with Gasteiger partial charge in [0.15, 0.2) is 0 Å². The smallest absolute Gasteiger partial charge is 0.142 e. The predicted molar refractivity (Wildman–Crippen MR) is 83.7 cm³/mol. The van der Waals surface area contributed by atoms with Crippen molar-refractivity contribution in [2.45, 2.75) is 52.9 Å². The Morgan fingerprint density at radius 1 is 1.29 bits per heavy atom. The lowest BCUT2D eigenvalue weighted by Crippen LogP contribution is -2.34. The van der Waals surface area contributed by atoms with Crippen LogP contribution in [0.4, 0.5) is 0 Å². The fraction of sp³-hybridized carbons (Fsp3) is 0.647. The van der Waals surface area contributed by atoms with Crippen LogP contribution in [0, 0.1) is 17.8 Å². The summed E-state index contributed by atoms with van der Waals surface area (Å²) in [5, 5.41) is 8.39. The van der Waals surface area contributed by atoms with Crippen LogP contribution in [0.2, 0.25) is 0 Å². The molecule has 1 aliphatic rings. The number of benzene rings is 1. The quantitative estimate of drug-likeness (QED) is 0.857. The minimum Gasteiger partial charge on any atom is -0.356 e. The number of fused-ring (bicyclic) bond motifs is 1. The van der Waals surface area contributed by atoms with Gasteiger partial charge in [0.05, 0.1) is 11.6 Å². The highest BCUT2D eigenvalue weighted by molar-refractivity contribution is 5.73. The lowest BCUT2D eigenvalue weighted by molar-refractivity contribution is -0.0703. The number of rotatable bonds is 4. The molecule has 0 aliphatic heterocycles. The third-order valence-corrected chi connectivity index (χ3v) is 4.79. The summed E-state index contributed by atoms with van der Waals surface area (Å²) in [6.07, 6.45) is 4.11. The Labute approximate surface area is 126 Å². The normalized spacial score (nSPS) is 26.6. The third-order valence-electron chi connectivity index (χ3n) is 4.79. The highest BCUT2D eigenvalue weighted by atomic mass is 16.5. The molecule has 1 saturated carbocycles. The third kappa shape index (κ3) is 3.10. The van der Waals surface area contributed by atoms with E-state index < -0.39 is 0 Å². The van der Waals surface area contributed by atoms with Crippen LogP contribution in [-0.4, -0.2) is 21.1 Å². The highest BCUT2D eigenvalue weighted by Crippen LogP contribution is 2.35. The van der Waals surface area contributed by atoms with Gasteiger partial charge in [-0.15, -0.1) is 5.10 Å². The zero-order valence-corrected chi connectivity index (χ0v) is 13.2. The maximum Gasteiger partial charge on any atom is 0.142 e. The average Bonchev–Trinajstić information content (AvgIpc) is 2.88. The van der Waals surface area contributed by atoms with Crippen molar-refractivity contribution in [3.05, 3.63) is 24.3 Å². The molecule has 0 N–H and O–H groups in total. The molecule has 0 spiro atoms. The Hall–Kier alpha value is -1.42. The van der Waals surface area contributed by atoms with Crippen LogP contribution in [0.25, 0.3) is 11.0 Å². The molecule has 1 fully saturated rings. The van der Waals surface area contributed by atoms with Gasteiger partial charge in [-0.05, 0) is 42.7 Å². The van der Waals surface area contributed by atoms with Crippen molar-refractivity contribution in [2.24, 2.45) is 17.8 Å². The van der Waals surface area contributed by atoms with Gasteiger partial charge in [0.25, 0.3) is 0 Å². The number of ether oxygens (including phenoxy) is 1. The first-order chi connectivity index (χ1) is 10.1. The van der Waals surface area contributed by atoms with E-state index in [1.807, 2.05) is 28.9 Å². The standard InChI is InChI=1S/C17H25N3O/c1-12(2)14-9-8-13(3)10-17(14)21-11-20-16-7-5-4-6-15(16)18-19-20/h4-7,12-14,17H,8-11H2,1-3H3. The second-order valence-corrected chi connectivity index (χ2v) is 6.74. The van der Waals surface area contributed by atoms with E-state index in [0.29, 0.717) is 24.7 Å². The summed E-state index contributed by atoms with van der Waals surface area (Å²) < 4.78 is 8.11. The molecule has 3 rings (SSSR count). The van der Waals surface area contributed by atoms with Gasteiger partial charge >= 0.3 is 0 Å². The molecule has 1 aromatic heterocycles. The SMILES string of the molecule is CC1CCC(C(C)C)C(OCn2nnc3ccccc32)C1. The second kappa shape index (κ2) is 6.14. The van der Waals surface area contributed by atoms with E-state index in [2.05, 4.69) is 31.1 Å². The van der Waals surface area contributed by atoms with Crippen molar-refractivity contribution < 1.29 is 4.74 Å². The molecule has 0 bridgehead atoms. The summed E-state index contributed by atoms with van der Waals surface area (Å²) in [5.41, 5.74) is 1.97. The number of aromatic nitrogens is 3. The second-order valence-electron chi connectivity index (χ2n) is 6.74. The Bertz CT molecular complexity index is 592. The minimum atomic E-state index is 0.344. The van der Waals surface area contributed by atoms with Gasteiger partial charge in [0.1, 0.15) is 12.2 Å². The lowest BCUT2D eigenvalue weighted by Gasteiger charge is -2.37. The van der Waals surface area contributed by atoms with E-state index in [-0.39, 0.29) is 0 Å². The molecule has 21 heavy (non-hydrogen) atoms. The Balaban J connectivity index is 1.70. The van der Waals surface area contributed by atoms with E-state index in [4.69, 9.17) is 4.74 Å². The molecule has 3 atom stereocenters. The maximum atomic E-state index is 6.24. The Kier molecular flexibility index (Phi) is 4.24. The summed E-state index contributed by atoms with van der Waals surface area (Å²) in [4.78, 5) is 0. The van der Waals surface area contributed by atoms with Crippen molar-refractivity contribution in [2.75, 3.05) is 0 Å². The molecule has 114 valence electrons. The van der Waals surface area contributed by atoms with Crippen molar-refractivity contribution in [1.82, 2.24) is 15.0 Å².